The summed E-state index contributed by atoms with van der Waals surface area (Å²) in [5, 5.41) is 14.3. The van der Waals surface area contributed by atoms with Gasteiger partial charge in [0.15, 0.2) is 5.69 Å². The van der Waals surface area contributed by atoms with E-state index in [0.717, 1.165) is 6.07 Å². The number of nitriles is 1. The van der Waals surface area contributed by atoms with Crippen molar-refractivity contribution >= 4 is 11.3 Å². The van der Waals surface area contributed by atoms with Gasteiger partial charge in [-0.1, -0.05) is 6.07 Å². The van der Waals surface area contributed by atoms with Crippen LogP contribution >= 0.6 is 11.3 Å². The fraction of sp³-hybridized carbons (Fsp3) is 0.0667. The van der Waals surface area contributed by atoms with Crippen molar-refractivity contribution in [1.29, 1.82) is 5.26 Å². The van der Waals surface area contributed by atoms with E-state index in [9.17, 15) is 13.2 Å². The molecule has 3 aromatic rings. The van der Waals surface area contributed by atoms with E-state index in [0.29, 0.717) is 21.8 Å². The van der Waals surface area contributed by atoms with Crippen molar-refractivity contribution in [1.82, 2.24) is 9.78 Å². The molecule has 0 unspecified atom stereocenters. The van der Waals surface area contributed by atoms with Gasteiger partial charge in [0.2, 0.25) is 0 Å². The average Bonchev–Trinajstić information content (AvgIpc) is 3.15. The molecule has 3 rings (SSSR count). The first-order valence-corrected chi connectivity index (χ1v) is 7.08. The molecule has 2 heterocycles. The van der Waals surface area contributed by atoms with E-state index in [4.69, 9.17) is 5.26 Å². The maximum absolute atomic E-state index is 12.9. The summed E-state index contributed by atoms with van der Waals surface area (Å²) in [6.45, 7) is 0. The number of aromatic nitrogens is 2. The van der Waals surface area contributed by atoms with Crippen molar-refractivity contribution in [2.45, 2.75) is 6.18 Å². The Kier molecular flexibility index (Phi) is 3.47. The molecule has 0 aliphatic rings. The third-order valence-corrected chi connectivity index (χ3v) is 3.91. The van der Waals surface area contributed by atoms with Crippen LogP contribution in [0.1, 0.15) is 11.3 Å². The normalized spacial score (nSPS) is 11.4. The van der Waals surface area contributed by atoms with E-state index in [-0.39, 0.29) is 0 Å². The zero-order chi connectivity index (χ0) is 15.7. The minimum absolute atomic E-state index is 0.368. The minimum Gasteiger partial charge on any atom is -0.232 e. The van der Waals surface area contributed by atoms with Gasteiger partial charge in [-0.05, 0) is 41.8 Å². The smallest absolute Gasteiger partial charge is 0.232 e. The molecule has 0 aliphatic carbocycles. The van der Waals surface area contributed by atoms with Gasteiger partial charge in [0.1, 0.15) is 0 Å². The molecule has 0 aliphatic heterocycles. The van der Waals surface area contributed by atoms with Crippen molar-refractivity contribution in [3.63, 3.8) is 0 Å². The highest BCUT2D eigenvalue weighted by atomic mass is 32.1. The standard InChI is InChI=1S/C15H8F3N3S/c16-15(17,18)14-8-12(13-2-1-7-22-13)21(20-14)11-5-3-10(9-19)4-6-11/h1-8H. The molecule has 1 aromatic carbocycles. The Morgan fingerprint density at radius 2 is 1.86 bits per heavy atom. The van der Waals surface area contributed by atoms with Gasteiger partial charge in [0.25, 0.3) is 0 Å². The number of nitrogens with zero attached hydrogens (tertiary/aromatic N) is 3. The fourth-order valence-corrected chi connectivity index (χ4v) is 2.72. The van der Waals surface area contributed by atoms with Crippen LogP contribution in [0.2, 0.25) is 0 Å². The zero-order valence-corrected chi connectivity index (χ0v) is 11.8. The van der Waals surface area contributed by atoms with Gasteiger partial charge in [-0.25, -0.2) is 4.68 Å². The number of benzene rings is 1. The summed E-state index contributed by atoms with van der Waals surface area (Å²) in [5.41, 5.74) is 0.329. The Morgan fingerprint density at radius 1 is 1.14 bits per heavy atom. The summed E-state index contributed by atoms with van der Waals surface area (Å²) in [4.78, 5) is 0.687. The van der Waals surface area contributed by atoms with Crippen LogP contribution in [-0.4, -0.2) is 9.78 Å². The van der Waals surface area contributed by atoms with E-state index >= 15 is 0 Å². The number of hydrogen-bond acceptors (Lipinski definition) is 3. The van der Waals surface area contributed by atoms with Crippen molar-refractivity contribution in [2.75, 3.05) is 0 Å². The van der Waals surface area contributed by atoms with E-state index in [1.807, 2.05) is 6.07 Å². The monoisotopic (exact) mass is 319 g/mol. The first kappa shape index (κ1) is 14.4. The van der Waals surface area contributed by atoms with Crippen LogP contribution in [0, 0.1) is 11.3 Å². The second-order valence-electron chi connectivity index (χ2n) is 4.46. The Balaban J connectivity index is 2.16. The molecule has 22 heavy (non-hydrogen) atoms. The fourth-order valence-electron chi connectivity index (χ4n) is 1.99. The number of halogens is 3. The van der Waals surface area contributed by atoms with Crippen LogP contribution in [0.4, 0.5) is 13.2 Å². The van der Waals surface area contributed by atoms with Gasteiger partial charge in [-0.3, -0.25) is 0 Å². The van der Waals surface area contributed by atoms with Crippen LogP contribution in [-0.2, 0) is 6.18 Å². The molecular weight excluding hydrogens is 311 g/mol. The van der Waals surface area contributed by atoms with E-state index < -0.39 is 11.9 Å². The summed E-state index contributed by atoms with van der Waals surface area (Å²) in [5.74, 6) is 0. The number of rotatable bonds is 2. The average molecular weight is 319 g/mol. The predicted octanol–water partition coefficient (Wildman–Crippen LogP) is 4.49. The molecule has 0 N–H and O–H groups in total. The van der Waals surface area contributed by atoms with E-state index in [2.05, 4.69) is 5.10 Å². The van der Waals surface area contributed by atoms with Gasteiger partial charge in [0.05, 0.1) is 27.9 Å². The molecule has 0 spiro atoms. The maximum atomic E-state index is 12.9. The van der Waals surface area contributed by atoms with Crippen molar-refractivity contribution in [3.8, 4) is 22.3 Å². The number of hydrogen-bond donors (Lipinski definition) is 0. The van der Waals surface area contributed by atoms with Crippen molar-refractivity contribution in [2.24, 2.45) is 0 Å². The molecule has 110 valence electrons. The van der Waals surface area contributed by atoms with E-state index in [1.165, 1.54) is 16.0 Å². The molecule has 0 atom stereocenters. The molecule has 0 bridgehead atoms. The Labute approximate surface area is 127 Å². The SMILES string of the molecule is N#Cc1ccc(-n2nc(C(F)(F)F)cc2-c2cccs2)cc1. The van der Waals surface area contributed by atoms with Crippen LogP contribution in [0.5, 0.6) is 0 Å². The van der Waals surface area contributed by atoms with Gasteiger partial charge < -0.3 is 0 Å². The number of thiophene rings is 1. The highest BCUT2D eigenvalue weighted by molar-refractivity contribution is 7.13. The Morgan fingerprint density at radius 3 is 2.41 bits per heavy atom. The summed E-state index contributed by atoms with van der Waals surface area (Å²) < 4.78 is 40.1. The maximum Gasteiger partial charge on any atom is 0.435 e. The molecule has 2 aromatic heterocycles. The highest BCUT2D eigenvalue weighted by Crippen LogP contribution is 2.34. The zero-order valence-electron chi connectivity index (χ0n) is 11.0. The first-order valence-electron chi connectivity index (χ1n) is 6.21. The third kappa shape index (κ3) is 2.61. The van der Waals surface area contributed by atoms with Gasteiger partial charge >= 0.3 is 6.18 Å². The van der Waals surface area contributed by atoms with Gasteiger partial charge in [0, 0.05) is 0 Å². The molecular formula is C15H8F3N3S. The third-order valence-electron chi connectivity index (χ3n) is 3.01. The van der Waals surface area contributed by atoms with Crippen LogP contribution < -0.4 is 0 Å². The number of alkyl halides is 3. The summed E-state index contributed by atoms with van der Waals surface area (Å²) in [6, 6.07) is 12.7. The lowest BCUT2D eigenvalue weighted by atomic mass is 10.2. The van der Waals surface area contributed by atoms with Gasteiger partial charge in [-0.2, -0.15) is 23.5 Å². The van der Waals surface area contributed by atoms with Crippen molar-refractivity contribution < 1.29 is 13.2 Å². The summed E-state index contributed by atoms with van der Waals surface area (Å²) in [7, 11) is 0. The predicted molar refractivity (Wildman–Crippen MR) is 76.6 cm³/mol. The largest absolute Gasteiger partial charge is 0.435 e. The highest BCUT2D eigenvalue weighted by Gasteiger charge is 2.35. The summed E-state index contributed by atoms with van der Waals surface area (Å²) in [6.07, 6.45) is -4.51. The van der Waals surface area contributed by atoms with Crippen LogP contribution in [0.15, 0.2) is 47.8 Å². The van der Waals surface area contributed by atoms with Crippen molar-refractivity contribution in [3.05, 3.63) is 59.1 Å². The molecule has 0 amide bonds. The Bertz CT molecular complexity index is 825. The second-order valence-corrected chi connectivity index (χ2v) is 5.41. The molecule has 0 saturated carbocycles. The lowest BCUT2D eigenvalue weighted by Crippen LogP contribution is -2.07. The first-order chi connectivity index (χ1) is 10.5. The lowest BCUT2D eigenvalue weighted by molar-refractivity contribution is -0.141. The van der Waals surface area contributed by atoms with Gasteiger partial charge in [-0.15, -0.1) is 11.3 Å². The minimum atomic E-state index is -4.51. The van der Waals surface area contributed by atoms with Crippen LogP contribution in [0.25, 0.3) is 16.3 Å². The topological polar surface area (TPSA) is 41.6 Å². The molecule has 0 radical (unpaired) electrons. The molecule has 0 fully saturated rings. The molecule has 0 saturated heterocycles. The molecule has 3 nitrogen and oxygen atoms in total. The summed E-state index contributed by atoms with van der Waals surface area (Å²) >= 11 is 1.34. The second kappa shape index (κ2) is 5.31. The van der Waals surface area contributed by atoms with E-state index in [1.54, 1.807) is 41.8 Å². The quantitative estimate of drug-likeness (QED) is 0.698. The lowest BCUT2D eigenvalue weighted by Gasteiger charge is -2.06. The molecule has 7 heteroatoms. The van der Waals surface area contributed by atoms with Crippen LogP contribution in [0.3, 0.4) is 0 Å². The Hall–Kier alpha value is -2.59.